The Morgan fingerprint density at radius 1 is 1.07 bits per heavy atom. The number of benzene rings is 1. The number of nitrogens with one attached hydrogen (secondary N) is 1. The molecular weight excluding hydrogens is 360 g/mol. The summed E-state index contributed by atoms with van der Waals surface area (Å²) in [6, 6.07) is 7.79. The Morgan fingerprint density at radius 3 is 2.29 bits per heavy atom. The van der Waals surface area contributed by atoms with Gasteiger partial charge in [-0.15, -0.1) is 0 Å². The molecule has 7 nitrogen and oxygen atoms in total. The summed E-state index contributed by atoms with van der Waals surface area (Å²) in [5.41, 5.74) is 0.261. The van der Waals surface area contributed by atoms with E-state index in [-0.39, 0.29) is 11.8 Å². The molecule has 1 aromatic rings. The van der Waals surface area contributed by atoms with Gasteiger partial charge in [0.25, 0.3) is 0 Å². The van der Waals surface area contributed by atoms with Crippen molar-refractivity contribution in [3.8, 4) is 5.75 Å². The molecule has 4 rings (SSSR count). The number of rotatable bonds is 6. The van der Waals surface area contributed by atoms with Crippen LogP contribution in [0.5, 0.6) is 5.75 Å². The Labute approximate surface area is 165 Å². The summed E-state index contributed by atoms with van der Waals surface area (Å²) >= 11 is 0. The van der Waals surface area contributed by atoms with E-state index in [0.717, 1.165) is 17.7 Å². The fourth-order valence-electron chi connectivity index (χ4n) is 4.08. The van der Waals surface area contributed by atoms with Gasteiger partial charge in [0.15, 0.2) is 5.79 Å². The summed E-state index contributed by atoms with van der Waals surface area (Å²) in [6.07, 6.45) is 3.34. The van der Waals surface area contributed by atoms with Crippen LogP contribution < -0.4 is 10.1 Å². The molecule has 7 heteroatoms. The maximum Gasteiger partial charge on any atom is 0.238 e. The van der Waals surface area contributed by atoms with Gasteiger partial charge in [0.2, 0.25) is 11.8 Å². The lowest BCUT2D eigenvalue weighted by atomic mass is 9.98. The van der Waals surface area contributed by atoms with E-state index >= 15 is 0 Å². The van der Waals surface area contributed by atoms with Crippen molar-refractivity contribution in [2.24, 2.45) is 5.41 Å². The molecule has 2 saturated heterocycles. The molecule has 3 aliphatic rings. The average molecular weight is 388 g/mol. The van der Waals surface area contributed by atoms with Gasteiger partial charge in [0.1, 0.15) is 11.2 Å². The molecule has 152 valence electrons. The fourth-order valence-corrected chi connectivity index (χ4v) is 4.08. The molecule has 2 heterocycles. The fraction of sp³-hybridized carbons (Fsp3) is 0.619. The van der Waals surface area contributed by atoms with E-state index in [9.17, 15) is 9.59 Å². The Bertz CT molecular complexity index is 713. The topological polar surface area (TPSA) is 77.1 Å². The Morgan fingerprint density at radius 2 is 1.71 bits per heavy atom. The standard InChI is InChI=1S/C21H28N2O5/c1-26-17-4-2-16(3-5-17)6-11-22-18(24)20(7-8-20)19(25)23-12-9-21(10-13-23)27-14-15-28-21/h2-5H,6-15H2,1H3,(H,22,24). The third-order valence-electron chi connectivity index (χ3n) is 6.08. The SMILES string of the molecule is COc1ccc(CCNC(=O)C2(C(=O)N3CCC4(CC3)OCCO4)CC2)cc1. The first-order valence-electron chi connectivity index (χ1n) is 10.1. The molecule has 0 radical (unpaired) electrons. The minimum Gasteiger partial charge on any atom is -0.497 e. The van der Waals surface area contributed by atoms with Gasteiger partial charge in [-0.05, 0) is 37.0 Å². The minimum absolute atomic E-state index is 0.0395. The van der Waals surface area contributed by atoms with Crippen LogP contribution in [0.4, 0.5) is 0 Å². The highest BCUT2D eigenvalue weighted by molar-refractivity contribution is 6.07. The highest BCUT2D eigenvalue weighted by Crippen LogP contribution is 2.48. The average Bonchev–Trinajstić information content (AvgIpc) is 3.43. The largest absolute Gasteiger partial charge is 0.497 e. The van der Waals surface area contributed by atoms with Gasteiger partial charge in [-0.1, -0.05) is 12.1 Å². The smallest absolute Gasteiger partial charge is 0.238 e. The number of hydrogen-bond donors (Lipinski definition) is 1. The number of nitrogens with zero attached hydrogens (tertiary/aromatic N) is 1. The molecule has 2 aliphatic heterocycles. The first-order valence-corrected chi connectivity index (χ1v) is 10.1. The maximum absolute atomic E-state index is 13.0. The van der Waals surface area contributed by atoms with Crippen LogP contribution >= 0.6 is 0 Å². The summed E-state index contributed by atoms with van der Waals surface area (Å²) in [7, 11) is 1.64. The molecule has 0 unspecified atom stereocenters. The number of piperidine rings is 1. The van der Waals surface area contributed by atoms with E-state index in [1.807, 2.05) is 29.2 Å². The normalized spacial score (nSPS) is 22.1. The van der Waals surface area contributed by atoms with Gasteiger partial charge in [0.05, 0.1) is 20.3 Å². The Balaban J connectivity index is 1.27. The van der Waals surface area contributed by atoms with Crippen molar-refractivity contribution in [1.29, 1.82) is 0 Å². The van der Waals surface area contributed by atoms with Crippen molar-refractivity contribution >= 4 is 11.8 Å². The molecule has 1 saturated carbocycles. The van der Waals surface area contributed by atoms with Gasteiger partial charge in [-0.3, -0.25) is 9.59 Å². The summed E-state index contributed by atoms with van der Waals surface area (Å²) in [5, 5.41) is 2.96. The maximum atomic E-state index is 13.0. The predicted octanol–water partition coefficient (Wildman–Crippen LogP) is 1.50. The second kappa shape index (κ2) is 7.72. The van der Waals surface area contributed by atoms with Crippen LogP contribution in [0.25, 0.3) is 0 Å². The molecule has 0 atom stereocenters. The van der Waals surface area contributed by atoms with E-state index in [1.54, 1.807) is 7.11 Å². The first-order chi connectivity index (χ1) is 13.6. The van der Waals surface area contributed by atoms with Crippen molar-refractivity contribution in [3.05, 3.63) is 29.8 Å². The molecule has 28 heavy (non-hydrogen) atoms. The Kier molecular flexibility index (Phi) is 5.29. The third kappa shape index (κ3) is 3.73. The molecule has 1 aliphatic carbocycles. The van der Waals surface area contributed by atoms with Crippen LogP contribution in [0.1, 0.15) is 31.2 Å². The number of likely N-dealkylation sites (tertiary alicyclic amines) is 1. The summed E-state index contributed by atoms with van der Waals surface area (Å²) < 4.78 is 16.6. The van der Waals surface area contributed by atoms with Gasteiger partial charge in [-0.2, -0.15) is 0 Å². The van der Waals surface area contributed by atoms with Crippen LogP contribution in [-0.2, 0) is 25.5 Å². The second-order valence-electron chi connectivity index (χ2n) is 7.84. The molecule has 1 spiro atoms. The predicted molar refractivity (Wildman–Crippen MR) is 102 cm³/mol. The Hall–Kier alpha value is -2.12. The van der Waals surface area contributed by atoms with Crippen LogP contribution in [0.15, 0.2) is 24.3 Å². The lowest BCUT2D eigenvalue weighted by molar-refractivity contribution is -0.188. The molecule has 1 aromatic carbocycles. The lowest BCUT2D eigenvalue weighted by Crippen LogP contribution is -2.52. The quantitative estimate of drug-likeness (QED) is 0.748. The molecule has 3 fully saturated rings. The van der Waals surface area contributed by atoms with E-state index in [2.05, 4.69) is 5.32 Å². The van der Waals surface area contributed by atoms with Crippen LogP contribution in [0.2, 0.25) is 0 Å². The number of ether oxygens (including phenoxy) is 3. The molecule has 0 bridgehead atoms. The van der Waals surface area contributed by atoms with Gasteiger partial charge < -0.3 is 24.4 Å². The summed E-state index contributed by atoms with van der Waals surface area (Å²) in [6.45, 7) is 2.92. The van der Waals surface area contributed by atoms with Gasteiger partial charge >= 0.3 is 0 Å². The molecular formula is C21H28N2O5. The zero-order chi connectivity index (χ0) is 19.6. The number of hydrogen-bond acceptors (Lipinski definition) is 5. The summed E-state index contributed by atoms with van der Waals surface area (Å²) in [4.78, 5) is 27.5. The highest BCUT2D eigenvalue weighted by atomic mass is 16.7. The van der Waals surface area contributed by atoms with Crippen molar-refractivity contribution in [2.75, 3.05) is 40.0 Å². The van der Waals surface area contributed by atoms with Crippen LogP contribution in [-0.4, -0.2) is 62.5 Å². The first kappa shape index (κ1) is 19.2. The lowest BCUT2D eigenvalue weighted by Gasteiger charge is -2.38. The zero-order valence-electron chi connectivity index (χ0n) is 16.4. The van der Waals surface area contributed by atoms with Crippen molar-refractivity contribution in [1.82, 2.24) is 10.2 Å². The van der Waals surface area contributed by atoms with Gasteiger partial charge in [-0.25, -0.2) is 0 Å². The number of methoxy groups -OCH3 is 1. The monoisotopic (exact) mass is 388 g/mol. The van der Waals surface area contributed by atoms with E-state index in [0.29, 0.717) is 58.5 Å². The van der Waals surface area contributed by atoms with E-state index in [1.165, 1.54) is 0 Å². The number of carbonyl (C=O) groups is 2. The molecule has 0 aromatic heterocycles. The van der Waals surface area contributed by atoms with Crippen molar-refractivity contribution in [2.45, 2.75) is 37.9 Å². The second-order valence-corrected chi connectivity index (χ2v) is 7.84. The van der Waals surface area contributed by atoms with Crippen LogP contribution in [0.3, 0.4) is 0 Å². The van der Waals surface area contributed by atoms with E-state index < -0.39 is 11.2 Å². The third-order valence-corrected chi connectivity index (χ3v) is 6.08. The molecule has 2 amide bonds. The summed E-state index contributed by atoms with van der Waals surface area (Å²) in [5.74, 6) is 0.127. The van der Waals surface area contributed by atoms with Crippen molar-refractivity contribution < 1.29 is 23.8 Å². The number of amides is 2. The molecule has 1 N–H and O–H groups in total. The van der Waals surface area contributed by atoms with E-state index in [4.69, 9.17) is 14.2 Å². The minimum atomic E-state index is -0.859. The number of carbonyl (C=O) groups excluding carboxylic acids is 2. The zero-order valence-corrected chi connectivity index (χ0v) is 16.4. The van der Waals surface area contributed by atoms with Crippen LogP contribution in [0, 0.1) is 5.41 Å². The van der Waals surface area contributed by atoms with Gasteiger partial charge in [0, 0.05) is 32.5 Å². The highest BCUT2D eigenvalue weighted by Gasteiger charge is 2.58. The van der Waals surface area contributed by atoms with Crippen molar-refractivity contribution in [3.63, 3.8) is 0 Å².